The van der Waals surface area contributed by atoms with Gasteiger partial charge < -0.3 is 9.63 Å². The second-order valence-corrected chi connectivity index (χ2v) is 6.76. The predicted octanol–water partition coefficient (Wildman–Crippen LogP) is 4.96. The van der Waals surface area contributed by atoms with Crippen LogP contribution in [-0.4, -0.2) is 16.2 Å². The fourth-order valence-corrected chi connectivity index (χ4v) is 2.48. The van der Waals surface area contributed by atoms with E-state index >= 15 is 0 Å². The summed E-state index contributed by atoms with van der Waals surface area (Å²) in [7, 11) is 0. The number of hydrogen-bond donors (Lipinski definition) is 1. The van der Waals surface area contributed by atoms with Crippen LogP contribution >= 0.6 is 0 Å². The lowest BCUT2D eigenvalue weighted by atomic mass is 9.89. The molecule has 0 spiro atoms. The molecule has 120 valence electrons. The monoisotopic (exact) mass is 295 g/mol. The SMILES string of the molecule is CCCCCCCCCc1noc(C(C)(C)C)c1C(=O)O. The van der Waals surface area contributed by atoms with Gasteiger partial charge in [0.15, 0.2) is 5.76 Å². The highest BCUT2D eigenvalue weighted by molar-refractivity contribution is 5.90. The van der Waals surface area contributed by atoms with Crippen LogP contribution in [0.2, 0.25) is 0 Å². The summed E-state index contributed by atoms with van der Waals surface area (Å²) in [5, 5.41) is 13.4. The molecule has 0 aliphatic carbocycles. The van der Waals surface area contributed by atoms with Crippen molar-refractivity contribution < 1.29 is 14.4 Å². The standard InChI is InChI=1S/C17H29NO3/c1-5-6-7-8-9-10-11-12-13-14(16(19)20)15(21-18-13)17(2,3)4/h5-12H2,1-4H3,(H,19,20). The van der Waals surface area contributed by atoms with Crippen LogP contribution in [0.15, 0.2) is 4.52 Å². The number of rotatable bonds is 9. The summed E-state index contributed by atoms with van der Waals surface area (Å²) < 4.78 is 5.30. The van der Waals surface area contributed by atoms with E-state index in [-0.39, 0.29) is 11.0 Å². The van der Waals surface area contributed by atoms with Crippen LogP contribution in [0.3, 0.4) is 0 Å². The first-order valence-corrected chi connectivity index (χ1v) is 8.10. The molecule has 21 heavy (non-hydrogen) atoms. The second-order valence-electron chi connectivity index (χ2n) is 6.76. The van der Waals surface area contributed by atoms with Crippen molar-refractivity contribution in [1.82, 2.24) is 5.16 Å². The first-order valence-electron chi connectivity index (χ1n) is 8.10. The maximum Gasteiger partial charge on any atom is 0.341 e. The summed E-state index contributed by atoms with van der Waals surface area (Å²) in [6, 6.07) is 0. The van der Waals surface area contributed by atoms with E-state index in [0.717, 1.165) is 12.8 Å². The van der Waals surface area contributed by atoms with Gasteiger partial charge in [-0.15, -0.1) is 0 Å². The van der Waals surface area contributed by atoms with Crippen LogP contribution in [0, 0.1) is 0 Å². The Morgan fingerprint density at radius 3 is 2.19 bits per heavy atom. The Morgan fingerprint density at radius 1 is 1.10 bits per heavy atom. The molecule has 0 unspecified atom stereocenters. The van der Waals surface area contributed by atoms with Gasteiger partial charge in [0.05, 0.1) is 5.69 Å². The first kappa shape index (κ1) is 17.7. The highest BCUT2D eigenvalue weighted by atomic mass is 16.5. The van der Waals surface area contributed by atoms with Gasteiger partial charge in [0.2, 0.25) is 0 Å². The fourth-order valence-electron chi connectivity index (χ4n) is 2.48. The lowest BCUT2D eigenvalue weighted by Gasteiger charge is -2.14. The van der Waals surface area contributed by atoms with Gasteiger partial charge in [0, 0.05) is 5.41 Å². The lowest BCUT2D eigenvalue weighted by molar-refractivity contribution is 0.0691. The minimum Gasteiger partial charge on any atom is -0.477 e. The van der Waals surface area contributed by atoms with E-state index in [1.807, 2.05) is 20.8 Å². The highest BCUT2D eigenvalue weighted by Crippen LogP contribution is 2.28. The van der Waals surface area contributed by atoms with Crippen molar-refractivity contribution in [3.63, 3.8) is 0 Å². The third kappa shape index (κ3) is 5.52. The second kappa shape index (κ2) is 8.20. The Hall–Kier alpha value is -1.32. The van der Waals surface area contributed by atoms with Gasteiger partial charge in [0.1, 0.15) is 5.56 Å². The number of hydrogen-bond acceptors (Lipinski definition) is 3. The number of nitrogens with zero attached hydrogens (tertiary/aromatic N) is 1. The Balaban J connectivity index is 2.52. The number of carbonyl (C=O) groups is 1. The van der Waals surface area contributed by atoms with Crippen LogP contribution in [0.4, 0.5) is 0 Å². The van der Waals surface area contributed by atoms with Crippen LogP contribution in [0.1, 0.15) is 94.5 Å². The number of unbranched alkanes of at least 4 members (excludes halogenated alkanes) is 6. The summed E-state index contributed by atoms with van der Waals surface area (Å²) >= 11 is 0. The van der Waals surface area contributed by atoms with Crippen molar-refractivity contribution in [3.05, 3.63) is 17.0 Å². The Kier molecular flexibility index (Phi) is 6.93. The zero-order chi connectivity index (χ0) is 15.9. The van der Waals surface area contributed by atoms with E-state index in [9.17, 15) is 9.90 Å². The molecule has 0 aliphatic rings. The number of carboxylic acid groups (broad SMARTS) is 1. The predicted molar refractivity (Wildman–Crippen MR) is 83.9 cm³/mol. The Morgan fingerprint density at radius 2 is 1.67 bits per heavy atom. The zero-order valence-electron chi connectivity index (χ0n) is 13.9. The Bertz CT molecular complexity index is 443. The number of carboxylic acids is 1. The molecule has 4 nitrogen and oxygen atoms in total. The molecule has 1 heterocycles. The summed E-state index contributed by atoms with van der Waals surface area (Å²) in [6.07, 6.45) is 9.14. The molecular weight excluding hydrogens is 266 g/mol. The molecular formula is C17H29NO3. The minimum absolute atomic E-state index is 0.272. The fraction of sp³-hybridized carbons (Fsp3) is 0.765. The van der Waals surface area contributed by atoms with Crippen molar-refractivity contribution in [2.75, 3.05) is 0 Å². The van der Waals surface area contributed by atoms with E-state index in [2.05, 4.69) is 12.1 Å². The molecule has 0 radical (unpaired) electrons. The molecule has 0 fully saturated rings. The zero-order valence-corrected chi connectivity index (χ0v) is 13.9. The van der Waals surface area contributed by atoms with Crippen LogP contribution in [-0.2, 0) is 11.8 Å². The van der Waals surface area contributed by atoms with E-state index in [0.29, 0.717) is 17.9 Å². The van der Waals surface area contributed by atoms with Gasteiger partial charge in [-0.05, 0) is 12.8 Å². The van der Waals surface area contributed by atoms with E-state index < -0.39 is 5.97 Å². The summed E-state index contributed by atoms with van der Waals surface area (Å²) in [5.41, 5.74) is 0.536. The van der Waals surface area contributed by atoms with Gasteiger partial charge in [-0.1, -0.05) is 71.4 Å². The lowest BCUT2D eigenvalue weighted by Crippen LogP contribution is -2.15. The quantitative estimate of drug-likeness (QED) is 0.654. The highest BCUT2D eigenvalue weighted by Gasteiger charge is 2.30. The van der Waals surface area contributed by atoms with Crippen molar-refractivity contribution >= 4 is 5.97 Å². The first-order chi connectivity index (χ1) is 9.88. The molecule has 0 amide bonds. The van der Waals surface area contributed by atoms with Crippen molar-refractivity contribution in [2.45, 2.75) is 84.5 Å². The van der Waals surface area contributed by atoms with Gasteiger partial charge in [-0.3, -0.25) is 0 Å². The summed E-state index contributed by atoms with van der Waals surface area (Å²) in [6.45, 7) is 8.04. The normalized spacial score (nSPS) is 11.8. The molecule has 0 aliphatic heterocycles. The summed E-state index contributed by atoms with van der Waals surface area (Å²) in [5.74, 6) is -0.452. The molecule has 1 aromatic heterocycles. The molecule has 0 aromatic carbocycles. The van der Waals surface area contributed by atoms with Crippen LogP contribution in [0.25, 0.3) is 0 Å². The number of aromatic nitrogens is 1. The molecule has 1 aromatic rings. The molecule has 0 bridgehead atoms. The molecule has 0 saturated carbocycles. The van der Waals surface area contributed by atoms with Crippen molar-refractivity contribution in [3.8, 4) is 0 Å². The molecule has 4 heteroatoms. The maximum absolute atomic E-state index is 11.5. The average molecular weight is 295 g/mol. The molecule has 0 atom stereocenters. The largest absolute Gasteiger partial charge is 0.477 e. The Labute approximate surface area is 127 Å². The third-order valence-corrected chi connectivity index (χ3v) is 3.67. The van der Waals surface area contributed by atoms with Gasteiger partial charge in [-0.25, -0.2) is 4.79 Å². The van der Waals surface area contributed by atoms with E-state index in [1.165, 1.54) is 32.1 Å². The van der Waals surface area contributed by atoms with Crippen molar-refractivity contribution in [1.29, 1.82) is 0 Å². The smallest absolute Gasteiger partial charge is 0.341 e. The van der Waals surface area contributed by atoms with Gasteiger partial charge in [-0.2, -0.15) is 0 Å². The molecule has 1 rings (SSSR count). The van der Waals surface area contributed by atoms with Gasteiger partial charge in [0.25, 0.3) is 0 Å². The van der Waals surface area contributed by atoms with Crippen molar-refractivity contribution in [2.24, 2.45) is 0 Å². The topological polar surface area (TPSA) is 63.3 Å². The van der Waals surface area contributed by atoms with Crippen LogP contribution in [0.5, 0.6) is 0 Å². The summed E-state index contributed by atoms with van der Waals surface area (Å²) in [4.78, 5) is 11.5. The number of aromatic carboxylic acids is 1. The van der Waals surface area contributed by atoms with Crippen LogP contribution < -0.4 is 0 Å². The van der Waals surface area contributed by atoms with E-state index in [4.69, 9.17) is 4.52 Å². The minimum atomic E-state index is -0.931. The maximum atomic E-state index is 11.5. The third-order valence-electron chi connectivity index (χ3n) is 3.67. The van der Waals surface area contributed by atoms with Gasteiger partial charge >= 0.3 is 5.97 Å². The van der Waals surface area contributed by atoms with E-state index in [1.54, 1.807) is 0 Å². The number of aryl methyl sites for hydroxylation is 1. The molecule has 1 N–H and O–H groups in total. The molecule has 0 saturated heterocycles. The average Bonchev–Trinajstić information content (AvgIpc) is 2.81.